The fourth-order valence-electron chi connectivity index (χ4n) is 5.52. The van der Waals surface area contributed by atoms with Gasteiger partial charge in [-0.05, 0) is 87.4 Å². The van der Waals surface area contributed by atoms with E-state index in [1.165, 1.54) is 6.20 Å². The number of nitrogens with two attached hydrogens (primary N) is 1. The van der Waals surface area contributed by atoms with Gasteiger partial charge in [0, 0.05) is 40.1 Å². The van der Waals surface area contributed by atoms with Gasteiger partial charge in [0.05, 0.1) is 28.9 Å². The zero-order chi connectivity index (χ0) is 35.5. The van der Waals surface area contributed by atoms with Gasteiger partial charge in [-0.15, -0.1) is 0 Å². The number of nitrogens with one attached hydrogen (secondary N) is 1. The lowest BCUT2D eigenvalue weighted by Crippen LogP contribution is -2.21. The molecule has 0 unspecified atom stereocenters. The highest BCUT2D eigenvalue weighted by molar-refractivity contribution is 6.09. The molecule has 0 aliphatic carbocycles. The number of carbonyl (C=O) groups is 2. The molecule has 0 saturated heterocycles. The monoisotopic (exact) mass is 662 g/mol. The van der Waals surface area contributed by atoms with Crippen LogP contribution in [0.1, 0.15) is 60.3 Å². The molecule has 3 N–H and O–H groups in total. The van der Waals surface area contributed by atoms with Gasteiger partial charge in [0.25, 0.3) is 0 Å². The van der Waals surface area contributed by atoms with Gasteiger partial charge in [-0.1, -0.05) is 42.5 Å². The number of nitrogens with zero attached hydrogens (tertiary/aromatic N) is 4. The van der Waals surface area contributed by atoms with E-state index in [-0.39, 0.29) is 33.5 Å². The smallest absolute Gasteiger partial charge is 0.216 e. The second-order valence-corrected chi connectivity index (χ2v) is 12.0. The first-order chi connectivity index (χ1) is 24.0. The van der Waals surface area contributed by atoms with Gasteiger partial charge in [-0.2, -0.15) is 0 Å². The fourth-order valence-corrected chi connectivity index (χ4v) is 5.52. The van der Waals surface area contributed by atoms with Crippen molar-refractivity contribution < 1.29 is 9.59 Å². The number of rotatable bonds is 6. The third-order valence-electron chi connectivity index (χ3n) is 8.59. The summed E-state index contributed by atoms with van der Waals surface area (Å²) in [5.41, 5.74) is 11.7. The molecule has 0 radical (unpaired) electrons. The minimum Gasteiger partial charge on any atom is -0.384 e. The molecule has 2 aromatic carbocycles. The summed E-state index contributed by atoms with van der Waals surface area (Å²) in [4.78, 5) is 67.1. The van der Waals surface area contributed by atoms with Crippen molar-refractivity contribution in [3.05, 3.63) is 175 Å². The van der Waals surface area contributed by atoms with E-state index >= 15 is 0 Å². The molecule has 0 spiro atoms. The number of ketones is 2. The van der Waals surface area contributed by atoms with Crippen molar-refractivity contribution in [2.45, 2.75) is 34.2 Å². The molecular formula is C40H34N6O4. The Morgan fingerprint density at radius 2 is 1.24 bits per heavy atom. The number of para-hydroxylation sites is 2. The van der Waals surface area contributed by atoms with Gasteiger partial charge in [0.1, 0.15) is 17.2 Å². The summed E-state index contributed by atoms with van der Waals surface area (Å²) in [5, 5.41) is 0.985. The summed E-state index contributed by atoms with van der Waals surface area (Å²) in [6.07, 6.45) is 3.05. The number of fused-ring (bicyclic) bond motifs is 2. The molecular weight excluding hydrogens is 628 g/mol. The maximum absolute atomic E-state index is 13.1. The van der Waals surface area contributed by atoms with Crippen LogP contribution in [0.15, 0.2) is 113 Å². The molecule has 0 amide bonds. The number of aromatic nitrogens is 5. The number of hydrogen-bond acceptors (Lipinski definition) is 8. The zero-order valence-electron chi connectivity index (χ0n) is 28.0. The molecule has 0 atom stereocenters. The van der Waals surface area contributed by atoms with Crippen molar-refractivity contribution in [1.29, 1.82) is 0 Å². The van der Waals surface area contributed by atoms with Crippen LogP contribution in [-0.4, -0.2) is 36.1 Å². The number of nitrogen functional groups attached to an aromatic ring is 1. The van der Waals surface area contributed by atoms with Crippen LogP contribution in [0, 0.1) is 27.7 Å². The number of hydrogen-bond donors (Lipinski definition) is 2. The second kappa shape index (κ2) is 13.9. The molecule has 5 heterocycles. The predicted molar refractivity (Wildman–Crippen MR) is 195 cm³/mol. The summed E-state index contributed by atoms with van der Waals surface area (Å²) in [6.45, 7) is 7.93. The lowest BCUT2D eigenvalue weighted by atomic mass is 10.0. The highest BCUT2D eigenvalue weighted by Crippen LogP contribution is 2.17. The third kappa shape index (κ3) is 6.72. The van der Waals surface area contributed by atoms with E-state index in [4.69, 9.17) is 5.73 Å². The number of aryl methyl sites for hydroxylation is 4. The Morgan fingerprint density at radius 3 is 1.88 bits per heavy atom. The van der Waals surface area contributed by atoms with Crippen LogP contribution < -0.4 is 16.6 Å². The molecule has 7 aromatic rings. The molecule has 0 aliphatic rings. The Kier molecular flexibility index (Phi) is 9.27. The van der Waals surface area contributed by atoms with E-state index in [0.29, 0.717) is 34.3 Å². The summed E-state index contributed by atoms with van der Waals surface area (Å²) in [6, 6.07) is 26.7. The minimum atomic E-state index is -0.391. The van der Waals surface area contributed by atoms with Crippen LogP contribution >= 0.6 is 0 Å². The average Bonchev–Trinajstić information content (AvgIpc) is 3.12. The molecule has 0 aliphatic heterocycles. The van der Waals surface area contributed by atoms with Crippen LogP contribution in [0.25, 0.3) is 21.8 Å². The molecule has 0 fully saturated rings. The Labute approximate surface area is 287 Å². The number of pyridine rings is 5. The van der Waals surface area contributed by atoms with Crippen LogP contribution in [0.3, 0.4) is 0 Å². The van der Waals surface area contributed by atoms with E-state index in [0.717, 1.165) is 33.7 Å². The van der Waals surface area contributed by atoms with Crippen molar-refractivity contribution in [1.82, 2.24) is 24.5 Å². The van der Waals surface area contributed by atoms with Gasteiger partial charge >= 0.3 is 0 Å². The van der Waals surface area contributed by atoms with Crippen LogP contribution in [0.5, 0.6) is 0 Å². The normalized spacial score (nSPS) is 10.9. The summed E-state index contributed by atoms with van der Waals surface area (Å²) in [5.74, 6) is -0.327. The van der Waals surface area contributed by atoms with E-state index in [1.54, 1.807) is 54.7 Å². The SMILES string of the molecule is Cc1ccc(C(=O)c2c[nH]c3ccccc3c2=O)nc1C.Cc1ccc(C(=O)c2cn(Cc3cccc(N)n3)c3ccccc3c2=O)nc1C. The Hall–Kier alpha value is -6.55. The van der Waals surface area contributed by atoms with Crippen LogP contribution in [0.2, 0.25) is 0 Å². The maximum Gasteiger partial charge on any atom is 0.216 e. The molecule has 0 saturated carbocycles. The molecule has 7 rings (SSSR count). The number of anilines is 1. The number of benzene rings is 2. The quantitative estimate of drug-likeness (QED) is 0.204. The first kappa shape index (κ1) is 33.4. The Balaban J connectivity index is 0.000000182. The van der Waals surface area contributed by atoms with Crippen molar-refractivity contribution in [3.63, 3.8) is 0 Å². The van der Waals surface area contributed by atoms with Gasteiger partial charge in [-0.25, -0.2) is 15.0 Å². The molecule has 5 aromatic heterocycles. The zero-order valence-corrected chi connectivity index (χ0v) is 28.0. The van der Waals surface area contributed by atoms with E-state index in [1.807, 2.05) is 74.7 Å². The predicted octanol–water partition coefficient (Wildman–Crippen LogP) is 6.04. The van der Waals surface area contributed by atoms with E-state index < -0.39 is 5.78 Å². The lowest BCUT2D eigenvalue weighted by Gasteiger charge is -2.13. The van der Waals surface area contributed by atoms with E-state index in [9.17, 15) is 19.2 Å². The summed E-state index contributed by atoms with van der Waals surface area (Å²) < 4.78 is 1.85. The average molecular weight is 663 g/mol. The fraction of sp³-hybridized carbons (Fsp3) is 0.125. The van der Waals surface area contributed by atoms with Gasteiger partial charge in [0.2, 0.25) is 22.4 Å². The summed E-state index contributed by atoms with van der Waals surface area (Å²) in [7, 11) is 0. The highest BCUT2D eigenvalue weighted by Gasteiger charge is 2.19. The van der Waals surface area contributed by atoms with Crippen molar-refractivity contribution in [3.8, 4) is 0 Å². The van der Waals surface area contributed by atoms with Gasteiger partial charge in [0.15, 0.2) is 0 Å². The third-order valence-corrected chi connectivity index (χ3v) is 8.59. The molecule has 50 heavy (non-hydrogen) atoms. The molecule has 10 heteroatoms. The van der Waals surface area contributed by atoms with Crippen molar-refractivity contribution in [2.75, 3.05) is 5.73 Å². The lowest BCUT2D eigenvalue weighted by molar-refractivity contribution is 0.102. The second-order valence-electron chi connectivity index (χ2n) is 12.0. The Morgan fingerprint density at radius 1 is 0.660 bits per heavy atom. The Bertz CT molecular complexity index is 2570. The molecule has 248 valence electrons. The van der Waals surface area contributed by atoms with Crippen LogP contribution in [-0.2, 0) is 6.54 Å². The standard InChI is InChI=1S/C23H20N4O2.C17H14N2O2/c1-14-10-11-19(25-15(14)2)23(29)18-13-27(12-16-6-5-9-21(24)26-16)20-8-4-3-7-17(20)22(18)28;1-10-7-8-15(19-11(10)2)17(21)13-9-18-14-6-4-3-5-12(14)16(13)20/h3-11,13H,12H2,1-2H3,(H2,24,26);3-9H,1-2H3,(H,18,20). The molecule has 0 bridgehead atoms. The first-order valence-corrected chi connectivity index (χ1v) is 15.9. The topological polar surface area (TPSA) is 154 Å². The van der Waals surface area contributed by atoms with Crippen molar-refractivity contribution >= 4 is 39.2 Å². The van der Waals surface area contributed by atoms with Gasteiger partial charge in [-0.3, -0.25) is 19.2 Å². The van der Waals surface area contributed by atoms with Gasteiger partial charge < -0.3 is 15.3 Å². The van der Waals surface area contributed by atoms with Crippen molar-refractivity contribution in [2.24, 2.45) is 0 Å². The molecule has 10 nitrogen and oxygen atoms in total. The van der Waals surface area contributed by atoms with Crippen LogP contribution in [0.4, 0.5) is 5.82 Å². The highest BCUT2D eigenvalue weighted by atomic mass is 16.1. The first-order valence-electron chi connectivity index (χ1n) is 15.9. The number of carbonyl (C=O) groups excluding carboxylic acids is 2. The number of aromatic amines is 1. The number of H-pyrrole nitrogens is 1. The summed E-state index contributed by atoms with van der Waals surface area (Å²) >= 11 is 0. The minimum absolute atomic E-state index is 0.0864. The largest absolute Gasteiger partial charge is 0.384 e. The maximum atomic E-state index is 13.1. The van der Waals surface area contributed by atoms with E-state index in [2.05, 4.69) is 19.9 Å².